The average Bonchev–Trinajstić information content (AvgIpc) is 2.68. The van der Waals surface area contributed by atoms with Crippen LogP contribution in [-0.4, -0.2) is 30.6 Å². The van der Waals surface area contributed by atoms with Gasteiger partial charge in [0.15, 0.2) is 0 Å². The van der Waals surface area contributed by atoms with Gasteiger partial charge in [-0.05, 0) is 43.2 Å². The molecule has 8 heteroatoms. The first-order valence-corrected chi connectivity index (χ1v) is 8.55. The Balaban J connectivity index is 1.96. The van der Waals surface area contributed by atoms with Crippen molar-refractivity contribution < 1.29 is 24.2 Å². The Hall–Kier alpha value is -3.68. The van der Waals surface area contributed by atoms with Crippen molar-refractivity contribution in [1.29, 1.82) is 0 Å². The molecule has 2 aromatic carbocycles. The number of aryl methyl sites for hydroxylation is 1. The Bertz CT molecular complexity index is 891. The SMILES string of the molecule is CCOc1ccc(C(=O)[O-])cc1/C=N\NC(=O)C(=O)NCc1ccc(C)cc1. The summed E-state index contributed by atoms with van der Waals surface area (Å²) in [5.74, 6) is -2.75. The zero-order valence-corrected chi connectivity index (χ0v) is 15.5. The summed E-state index contributed by atoms with van der Waals surface area (Å²) in [6, 6.07) is 11.6. The molecule has 0 bridgehead atoms. The molecule has 0 fully saturated rings. The molecule has 0 aliphatic rings. The molecule has 2 rings (SSSR count). The molecule has 0 spiro atoms. The van der Waals surface area contributed by atoms with Gasteiger partial charge in [0.2, 0.25) is 0 Å². The number of carboxylic acids is 1. The topological polar surface area (TPSA) is 120 Å². The van der Waals surface area contributed by atoms with Gasteiger partial charge in [0.1, 0.15) is 5.75 Å². The smallest absolute Gasteiger partial charge is 0.329 e. The van der Waals surface area contributed by atoms with Crippen LogP contribution in [0.15, 0.2) is 47.6 Å². The van der Waals surface area contributed by atoms with Gasteiger partial charge in [0, 0.05) is 12.1 Å². The third kappa shape index (κ3) is 5.94. The molecule has 2 aromatic rings. The van der Waals surface area contributed by atoms with Gasteiger partial charge in [0.05, 0.1) is 18.8 Å². The van der Waals surface area contributed by atoms with Crippen molar-refractivity contribution in [2.24, 2.45) is 5.10 Å². The van der Waals surface area contributed by atoms with E-state index in [1.807, 2.05) is 31.2 Å². The highest BCUT2D eigenvalue weighted by atomic mass is 16.5. The summed E-state index contributed by atoms with van der Waals surface area (Å²) in [4.78, 5) is 34.6. The number of carbonyl (C=O) groups is 3. The lowest BCUT2D eigenvalue weighted by Crippen LogP contribution is -2.37. The molecule has 0 aromatic heterocycles. The maximum absolute atomic E-state index is 11.8. The van der Waals surface area contributed by atoms with Crippen molar-refractivity contribution in [3.63, 3.8) is 0 Å². The van der Waals surface area contributed by atoms with Gasteiger partial charge in [-0.1, -0.05) is 29.8 Å². The van der Waals surface area contributed by atoms with Gasteiger partial charge in [-0.15, -0.1) is 0 Å². The summed E-state index contributed by atoms with van der Waals surface area (Å²) in [6.45, 7) is 4.29. The van der Waals surface area contributed by atoms with Gasteiger partial charge in [0.25, 0.3) is 0 Å². The van der Waals surface area contributed by atoms with Crippen LogP contribution in [0.25, 0.3) is 0 Å². The number of hydrogen-bond acceptors (Lipinski definition) is 6. The first-order chi connectivity index (χ1) is 13.4. The van der Waals surface area contributed by atoms with Crippen LogP contribution in [0.3, 0.4) is 0 Å². The summed E-state index contributed by atoms with van der Waals surface area (Å²) < 4.78 is 5.38. The summed E-state index contributed by atoms with van der Waals surface area (Å²) in [6.07, 6.45) is 1.20. The largest absolute Gasteiger partial charge is 0.545 e. The normalized spacial score (nSPS) is 10.5. The third-order valence-electron chi connectivity index (χ3n) is 3.69. The lowest BCUT2D eigenvalue weighted by Gasteiger charge is -2.09. The van der Waals surface area contributed by atoms with E-state index in [0.717, 1.165) is 11.1 Å². The minimum Gasteiger partial charge on any atom is -0.545 e. The summed E-state index contributed by atoms with van der Waals surface area (Å²) in [5.41, 5.74) is 4.31. The van der Waals surface area contributed by atoms with Gasteiger partial charge in [-0.3, -0.25) is 9.59 Å². The van der Waals surface area contributed by atoms with E-state index in [0.29, 0.717) is 17.9 Å². The second-order valence-electron chi connectivity index (χ2n) is 5.84. The zero-order chi connectivity index (χ0) is 20.5. The lowest BCUT2D eigenvalue weighted by molar-refractivity contribution is -0.255. The van der Waals surface area contributed by atoms with Gasteiger partial charge in [-0.25, -0.2) is 5.43 Å². The van der Waals surface area contributed by atoms with E-state index >= 15 is 0 Å². The Kier molecular flexibility index (Phi) is 7.27. The van der Waals surface area contributed by atoms with Crippen LogP contribution < -0.4 is 20.6 Å². The number of benzene rings is 2. The summed E-state index contributed by atoms with van der Waals surface area (Å²) >= 11 is 0. The van der Waals surface area contributed by atoms with E-state index in [4.69, 9.17) is 4.74 Å². The summed E-state index contributed by atoms with van der Waals surface area (Å²) in [7, 11) is 0. The second-order valence-corrected chi connectivity index (χ2v) is 5.84. The van der Waals surface area contributed by atoms with Gasteiger partial charge < -0.3 is 20.0 Å². The van der Waals surface area contributed by atoms with E-state index in [1.165, 1.54) is 24.4 Å². The number of amides is 2. The van der Waals surface area contributed by atoms with Crippen molar-refractivity contribution in [3.8, 4) is 5.75 Å². The molecule has 0 atom stereocenters. The highest BCUT2D eigenvalue weighted by Crippen LogP contribution is 2.18. The Morgan fingerprint density at radius 1 is 1.11 bits per heavy atom. The highest BCUT2D eigenvalue weighted by Gasteiger charge is 2.12. The first-order valence-electron chi connectivity index (χ1n) is 8.55. The van der Waals surface area contributed by atoms with Crippen molar-refractivity contribution in [2.75, 3.05) is 6.61 Å². The minimum absolute atomic E-state index is 0.0629. The molecular formula is C20H20N3O5-. The molecule has 28 heavy (non-hydrogen) atoms. The average molecular weight is 382 g/mol. The Morgan fingerprint density at radius 2 is 1.82 bits per heavy atom. The fourth-order valence-electron chi connectivity index (χ4n) is 2.24. The number of hydrogen-bond donors (Lipinski definition) is 2. The fraction of sp³-hybridized carbons (Fsp3) is 0.200. The molecule has 0 saturated heterocycles. The number of nitrogens with zero attached hydrogens (tertiary/aromatic N) is 1. The molecular weight excluding hydrogens is 362 g/mol. The van der Waals surface area contributed by atoms with Crippen molar-refractivity contribution in [3.05, 3.63) is 64.7 Å². The van der Waals surface area contributed by atoms with Crippen LogP contribution >= 0.6 is 0 Å². The van der Waals surface area contributed by atoms with Crippen LogP contribution in [0.2, 0.25) is 0 Å². The van der Waals surface area contributed by atoms with Crippen molar-refractivity contribution in [1.82, 2.24) is 10.7 Å². The predicted molar refractivity (Wildman–Crippen MR) is 101 cm³/mol. The van der Waals surface area contributed by atoms with Crippen LogP contribution in [-0.2, 0) is 16.1 Å². The molecule has 0 aliphatic carbocycles. The van der Waals surface area contributed by atoms with E-state index in [2.05, 4.69) is 15.8 Å². The lowest BCUT2D eigenvalue weighted by atomic mass is 10.1. The number of nitrogens with one attached hydrogen (secondary N) is 2. The monoisotopic (exact) mass is 382 g/mol. The molecule has 0 radical (unpaired) electrons. The summed E-state index contributed by atoms with van der Waals surface area (Å²) in [5, 5.41) is 17.2. The third-order valence-corrected chi connectivity index (χ3v) is 3.69. The fourth-order valence-corrected chi connectivity index (χ4v) is 2.24. The van der Waals surface area contributed by atoms with E-state index in [-0.39, 0.29) is 12.1 Å². The molecule has 0 heterocycles. The maximum atomic E-state index is 11.8. The number of carbonyl (C=O) groups excluding carboxylic acids is 3. The van der Waals surface area contributed by atoms with E-state index in [9.17, 15) is 19.5 Å². The molecule has 0 unspecified atom stereocenters. The number of ether oxygens (including phenoxy) is 1. The number of aromatic carboxylic acids is 1. The molecule has 2 N–H and O–H groups in total. The van der Waals surface area contributed by atoms with Crippen molar-refractivity contribution in [2.45, 2.75) is 20.4 Å². The molecule has 2 amide bonds. The van der Waals surface area contributed by atoms with Crippen LogP contribution in [0.4, 0.5) is 0 Å². The number of hydrazone groups is 1. The molecule has 0 saturated carbocycles. The quantitative estimate of drug-likeness (QED) is 0.411. The molecule has 146 valence electrons. The van der Waals surface area contributed by atoms with Crippen LogP contribution in [0.1, 0.15) is 34.0 Å². The van der Waals surface area contributed by atoms with Gasteiger partial charge in [-0.2, -0.15) is 5.10 Å². The van der Waals surface area contributed by atoms with Gasteiger partial charge >= 0.3 is 11.8 Å². The van der Waals surface area contributed by atoms with Crippen molar-refractivity contribution >= 4 is 24.0 Å². The first kappa shape index (κ1) is 20.6. The van der Waals surface area contributed by atoms with E-state index < -0.39 is 17.8 Å². The zero-order valence-electron chi connectivity index (χ0n) is 15.5. The predicted octanol–water partition coefficient (Wildman–Crippen LogP) is 0.524. The minimum atomic E-state index is -1.35. The second kappa shape index (κ2) is 9.86. The van der Waals surface area contributed by atoms with Crippen LogP contribution in [0.5, 0.6) is 5.75 Å². The highest BCUT2D eigenvalue weighted by molar-refractivity contribution is 6.35. The van der Waals surface area contributed by atoms with E-state index in [1.54, 1.807) is 6.92 Å². The molecule has 8 nitrogen and oxygen atoms in total. The Morgan fingerprint density at radius 3 is 2.46 bits per heavy atom. The van der Waals surface area contributed by atoms with Crippen LogP contribution in [0, 0.1) is 6.92 Å². The number of rotatable bonds is 7. The standard InChI is InChI=1S/C20H21N3O5/c1-3-28-17-9-8-15(20(26)27)10-16(17)12-22-23-19(25)18(24)21-11-14-6-4-13(2)5-7-14/h4-10,12H,3,11H2,1-2H3,(H,21,24)(H,23,25)(H,26,27)/p-1/b22-12-. The molecule has 0 aliphatic heterocycles. The maximum Gasteiger partial charge on any atom is 0.329 e. The Labute approximate surface area is 162 Å². The number of carboxylic acid groups (broad SMARTS) is 1.